The molecular formula is C25H21NO5. The van der Waals surface area contributed by atoms with Gasteiger partial charge >= 0.3 is 5.91 Å². The van der Waals surface area contributed by atoms with Crippen LogP contribution in [0.25, 0.3) is 5.76 Å². The molecule has 1 saturated heterocycles. The van der Waals surface area contributed by atoms with Crippen LogP contribution in [0.4, 0.5) is 5.69 Å². The van der Waals surface area contributed by atoms with Crippen LogP contribution in [0.2, 0.25) is 0 Å². The smallest absolute Gasteiger partial charge is 0.302 e. The summed E-state index contributed by atoms with van der Waals surface area (Å²) in [6.45, 7) is 2.33. The maximum Gasteiger partial charge on any atom is 0.302 e. The van der Waals surface area contributed by atoms with E-state index in [0.29, 0.717) is 23.6 Å². The minimum Gasteiger partial charge on any atom is -0.507 e. The summed E-state index contributed by atoms with van der Waals surface area (Å²) in [6, 6.07) is 23.2. The summed E-state index contributed by atoms with van der Waals surface area (Å²) in [5.74, 6) is -1.76. The normalized spacial score (nSPS) is 20.1. The van der Waals surface area contributed by atoms with Crippen molar-refractivity contribution in [1.82, 2.24) is 0 Å². The van der Waals surface area contributed by atoms with Gasteiger partial charge in [0.25, 0.3) is 5.78 Å². The second-order valence-corrected chi connectivity index (χ2v) is 7.02. The zero-order valence-electron chi connectivity index (χ0n) is 16.9. The minimum atomic E-state index is -2.19. The van der Waals surface area contributed by atoms with Gasteiger partial charge in [0.2, 0.25) is 5.72 Å². The first-order valence-corrected chi connectivity index (χ1v) is 9.87. The van der Waals surface area contributed by atoms with Crippen molar-refractivity contribution in [3.05, 3.63) is 102 Å². The second-order valence-electron chi connectivity index (χ2n) is 7.02. The zero-order chi connectivity index (χ0) is 22.0. The summed E-state index contributed by atoms with van der Waals surface area (Å²) >= 11 is 0. The van der Waals surface area contributed by atoms with Crippen LogP contribution in [0.15, 0.2) is 90.5 Å². The number of aliphatic hydroxyl groups excluding tert-OH is 1. The van der Waals surface area contributed by atoms with Crippen LogP contribution in [0.5, 0.6) is 5.75 Å². The SMILES string of the molecule is CCOc1ccc(N2C(=O)C(=O)C(=C(O)c3ccccc3)C2(O)c2ccccc2)cc1. The number of carbonyl (C=O) groups excluding carboxylic acids is 2. The number of rotatable bonds is 5. The van der Waals surface area contributed by atoms with Crippen molar-refractivity contribution in [3.8, 4) is 5.75 Å². The molecule has 1 amide bonds. The summed E-state index contributed by atoms with van der Waals surface area (Å²) in [4.78, 5) is 27.2. The van der Waals surface area contributed by atoms with E-state index in [1.807, 2.05) is 6.92 Å². The Balaban J connectivity index is 1.95. The van der Waals surface area contributed by atoms with Crippen molar-refractivity contribution in [2.45, 2.75) is 12.6 Å². The first-order valence-electron chi connectivity index (χ1n) is 9.87. The van der Waals surface area contributed by atoms with Gasteiger partial charge in [0.05, 0.1) is 6.61 Å². The first kappa shape index (κ1) is 20.4. The molecule has 2 N–H and O–H groups in total. The highest BCUT2D eigenvalue weighted by Crippen LogP contribution is 2.45. The number of benzene rings is 3. The Morgan fingerprint density at radius 1 is 0.903 bits per heavy atom. The predicted octanol–water partition coefficient (Wildman–Crippen LogP) is 3.82. The monoisotopic (exact) mass is 415 g/mol. The average molecular weight is 415 g/mol. The van der Waals surface area contributed by atoms with Gasteiger partial charge in [-0.15, -0.1) is 0 Å². The quantitative estimate of drug-likeness (QED) is 0.376. The van der Waals surface area contributed by atoms with Gasteiger partial charge in [0, 0.05) is 16.8 Å². The minimum absolute atomic E-state index is 0.278. The Kier molecular flexibility index (Phi) is 5.31. The van der Waals surface area contributed by atoms with Crippen molar-refractivity contribution < 1.29 is 24.5 Å². The van der Waals surface area contributed by atoms with Gasteiger partial charge in [0.1, 0.15) is 17.1 Å². The van der Waals surface area contributed by atoms with Crippen molar-refractivity contribution in [2.75, 3.05) is 11.5 Å². The number of hydrogen-bond donors (Lipinski definition) is 2. The third-order valence-electron chi connectivity index (χ3n) is 5.16. The highest BCUT2D eigenvalue weighted by atomic mass is 16.5. The Morgan fingerprint density at radius 3 is 2.06 bits per heavy atom. The van der Waals surface area contributed by atoms with Crippen molar-refractivity contribution >= 4 is 23.1 Å². The molecule has 3 aromatic rings. The maximum atomic E-state index is 13.1. The van der Waals surface area contributed by atoms with E-state index in [2.05, 4.69) is 0 Å². The number of carbonyl (C=O) groups is 2. The van der Waals surface area contributed by atoms with E-state index in [1.165, 1.54) is 0 Å². The van der Waals surface area contributed by atoms with Crippen molar-refractivity contribution in [3.63, 3.8) is 0 Å². The fourth-order valence-electron chi connectivity index (χ4n) is 3.74. The molecule has 6 heteroatoms. The predicted molar refractivity (Wildman–Crippen MR) is 116 cm³/mol. The molecule has 1 aliphatic rings. The molecule has 1 heterocycles. The van der Waals surface area contributed by atoms with Gasteiger partial charge in [-0.3, -0.25) is 14.5 Å². The Hall–Kier alpha value is -3.90. The van der Waals surface area contributed by atoms with Gasteiger partial charge in [-0.05, 0) is 31.2 Å². The van der Waals surface area contributed by atoms with Crippen LogP contribution in [0.3, 0.4) is 0 Å². The Bertz CT molecular complexity index is 1140. The maximum absolute atomic E-state index is 13.1. The van der Waals surface area contributed by atoms with Crippen LogP contribution >= 0.6 is 0 Å². The number of aliphatic hydroxyl groups is 2. The van der Waals surface area contributed by atoms with E-state index in [-0.39, 0.29) is 11.1 Å². The molecular weight excluding hydrogens is 394 g/mol. The fraction of sp³-hybridized carbons (Fsp3) is 0.120. The number of ketones is 1. The molecule has 0 radical (unpaired) electrons. The highest BCUT2D eigenvalue weighted by molar-refractivity contribution is 6.52. The molecule has 0 bridgehead atoms. The number of hydrogen-bond acceptors (Lipinski definition) is 5. The van der Waals surface area contributed by atoms with E-state index >= 15 is 0 Å². The van der Waals surface area contributed by atoms with Gasteiger partial charge in [0.15, 0.2) is 0 Å². The largest absolute Gasteiger partial charge is 0.507 e. The number of amides is 1. The molecule has 0 aromatic heterocycles. The van der Waals surface area contributed by atoms with Gasteiger partial charge in [-0.1, -0.05) is 60.7 Å². The summed E-state index contributed by atoms with van der Waals surface area (Å²) in [5.41, 5.74) is -1.68. The molecule has 0 saturated carbocycles. The molecule has 3 aromatic carbocycles. The molecule has 31 heavy (non-hydrogen) atoms. The molecule has 0 spiro atoms. The molecule has 6 nitrogen and oxygen atoms in total. The van der Waals surface area contributed by atoms with E-state index in [1.54, 1.807) is 84.9 Å². The summed E-state index contributed by atoms with van der Waals surface area (Å²) in [6.07, 6.45) is 0. The zero-order valence-corrected chi connectivity index (χ0v) is 16.9. The third-order valence-corrected chi connectivity index (χ3v) is 5.16. The lowest BCUT2D eigenvalue weighted by molar-refractivity contribution is -0.132. The van der Waals surface area contributed by atoms with Crippen LogP contribution in [-0.4, -0.2) is 28.5 Å². The van der Waals surface area contributed by atoms with Gasteiger partial charge < -0.3 is 14.9 Å². The molecule has 1 atom stereocenters. The first-order chi connectivity index (χ1) is 15.0. The molecule has 1 fully saturated rings. The number of nitrogens with zero attached hydrogens (tertiary/aromatic N) is 1. The fourth-order valence-corrected chi connectivity index (χ4v) is 3.74. The third kappa shape index (κ3) is 3.37. The van der Waals surface area contributed by atoms with Crippen LogP contribution in [0.1, 0.15) is 18.1 Å². The van der Waals surface area contributed by atoms with E-state index in [4.69, 9.17) is 4.74 Å². The van der Waals surface area contributed by atoms with Crippen molar-refractivity contribution in [1.29, 1.82) is 0 Å². The molecule has 156 valence electrons. The van der Waals surface area contributed by atoms with Gasteiger partial charge in [-0.25, -0.2) is 0 Å². The lowest BCUT2D eigenvalue weighted by atomic mass is 9.91. The average Bonchev–Trinajstić information content (AvgIpc) is 3.01. The van der Waals surface area contributed by atoms with E-state index < -0.39 is 23.2 Å². The summed E-state index contributed by atoms with van der Waals surface area (Å²) in [7, 11) is 0. The topological polar surface area (TPSA) is 87.1 Å². The standard InChI is InChI=1S/C25H21NO5/c1-2-31-20-15-13-19(14-16-20)26-24(29)23(28)21(22(27)17-9-5-3-6-10-17)25(26,30)18-11-7-4-8-12-18/h3-16,27,30H,2H2,1H3. The Morgan fingerprint density at radius 2 is 1.48 bits per heavy atom. The van der Waals surface area contributed by atoms with Crippen LogP contribution in [0, 0.1) is 0 Å². The number of ether oxygens (including phenoxy) is 1. The highest BCUT2D eigenvalue weighted by Gasteiger charge is 2.57. The molecule has 1 aliphatic heterocycles. The van der Waals surface area contributed by atoms with Crippen molar-refractivity contribution in [2.24, 2.45) is 0 Å². The summed E-state index contributed by atoms with van der Waals surface area (Å²) < 4.78 is 5.44. The Labute approximate surface area is 179 Å². The second kappa shape index (κ2) is 8.08. The lowest BCUT2D eigenvalue weighted by Gasteiger charge is -2.34. The van der Waals surface area contributed by atoms with E-state index in [9.17, 15) is 19.8 Å². The number of anilines is 1. The lowest BCUT2D eigenvalue weighted by Crippen LogP contribution is -2.44. The molecule has 0 aliphatic carbocycles. The number of Topliss-reactive ketones (excluding diaryl/α,β-unsaturated/α-hetero) is 1. The molecule has 1 unspecified atom stereocenters. The van der Waals surface area contributed by atoms with Crippen LogP contribution in [-0.2, 0) is 15.3 Å². The molecule has 4 rings (SSSR count). The van der Waals surface area contributed by atoms with E-state index in [0.717, 1.165) is 4.90 Å². The summed E-state index contributed by atoms with van der Waals surface area (Å²) in [5, 5.41) is 22.9. The van der Waals surface area contributed by atoms with Gasteiger partial charge in [-0.2, -0.15) is 0 Å². The van der Waals surface area contributed by atoms with Crippen LogP contribution < -0.4 is 9.64 Å².